The van der Waals surface area contributed by atoms with Gasteiger partial charge in [-0.25, -0.2) is 4.79 Å². The van der Waals surface area contributed by atoms with E-state index in [0.717, 1.165) is 43.2 Å². The van der Waals surface area contributed by atoms with Gasteiger partial charge in [-0.05, 0) is 63.1 Å². The molecule has 0 N–H and O–H groups in total. The molecule has 2 fully saturated rings. The quantitative estimate of drug-likeness (QED) is 0.503. The van der Waals surface area contributed by atoms with Crippen molar-refractivity contribution >= 4 is 27.6 Å². The van der Waals surface area contributed by atoms with E-state index in [1.165, 1.54) is 34.6 Å². The SMILES string of the molecule is CCC1(OC(=O)COc2ccc([S+]3CCCC3)c3ccccc23)CCCC1. The van der Waals surface area contributed by atoms with E-state index in [0.29, 0.717) is 10.9 Å². The third kappa shape index (κ3) is 3.96. The van der Waals surface area contributed by atoms with E-state index in [1.54, 1.807) is 0 Å². The van der Waals surface area contributed by atoms with E-state index in [4.69, 9.17) is 9.47 Å². The molecule has 0 unspecified atom stereocenters. The van der Waals surface area contributed by atoms with Gasteiger partial charge in [0.25, 0.3) is 0 Å². The van der Waals surface area contributed by atoms with Crippen LogP contribution in [-0.2, 0) is 20.4 Å². The Morgan fingerprint density at radius 1 is 1.00 bits per heavy atom. The first kappa shape index (κ1) is 18.7. The normalized spacial score (nSPS) is 19.4. The predicted octanol–water partition coefficient (Wildman–Crippen LogP) is 5.26. The van der Waals surface area contributed by atoms with Gasteiger partial charge in [0.2, 0.25) is 0 Å². The van der Waals surface area contributed by atoms with Crippen LogP contribution in [0, 0.1) is 0 Å². The van der Waals surface area contributed by atoms with Crippen molar-refractivity contribution < 1.29 is 14.3 Å². The standard InChI is InChI=1S/C23H29O3S/c1-2-23(13-5-6-14-23)26-22(24)17-25-20-11-12-21(27-15-7-8-16-27)19-10-4-3-9-18(19)20/h3-4,9-12H,2,5-8,13-17H2,1H3/q+1. The molecule has 2 aromatic rings. The van der Waals surface area contributed by atoms with Gasteiger partial charge in [-0.15, -0.1) is 0 Å². The number of rotatable bonds is 6. The average Bonchev–Trinajstić information content (AvgIpc) is 3.39. The Morgan fingerprint density at radius 2 is 1.70 bits per heavy atom. The lowest BCUT2D eigenvalue weighted by Gasteiger charge is -2.27. The molecule has 0 spiro atoms. The molecular formula is C23H29O3S+. The second kappa shape index (κ2) is 8.14. The van der Waals surface area contributed by atoms with Crippen LogP contribution in [0.3, 0.4) is 0 Å². The Labute approximate surface area is 164 Å². The van der Waals surface area contributed by atoms with E-state index in [-0.39, 0.29) is 18.2 Å². The predicted molar refractivity (Wildman–Crippen MR) is 112 cm³/mol. The molecule has 1 aliphatic carbocycles. The number of esters is 1. The lowest BCUT2D eigenvalue weighted by Crippen LogP contribution is -2.33. The molecule has 1 aliphatic heterocycles. The van der Waals surface area contributed by atoms with E-state index in [2.05, 4.69) is 31.2 Å². The van der Waals surface area contributed by atoms with Crippen molar-refractivity contribution in [1.29, 1.82) is 0 Å². The molecule has 2 aliphatic rings. The molecule has 1 saturated heterocycles. The minimum Gasteiger partial charge on any atom is -0.481 e. The van der Waals surface area contributed by atoms with Crippen LogP contribution in [0.4, 0.5) is 0 Å². The smallest absolute Gasteiger partial charge is 0.344 e. The highest BCUT2D eigenvalue weighted by Crippen LogP contribution is 2.37. The summed E-state index contributed by atoms with van der Waals surface area (Å²) in [6.45, 7) is 2.09. The highest BCUT2D eigenvalue weighted by Gasteiger charge is 2.36. The van der Waals surface area contributed by atoms with Gasteiger partial charge in [0.15, 0.2) is 11.5 Å². The van der Waals surface area contributed by atoms with Gasteiger partial charge in [-0.1, -0.05) is 25.1 Å². The summed E-state index contributed by atoms with van der Waals surface area (Å²) in [7, 11) is 0.356. The summed E-state index contributed by atoms with van der Waals surface area (Å²) < 4.78 is 11.8. The molecule has 0 bridgehead atoms. The summed E-state index contributed by atoms with van der Waals surface area (Å²) >= 11 is 0. The molecule has 0 atom stereocenters. The number of carbonyl (C=O) groups is 1. The molecule has 144 valence electrons. The lowest BCUT2D eigenvalue weighted by molar-refractivity contribution is -0.162. The van der Waals surface area contributed by atoms with Crippen molar-refractivity contribution in [3.63, 3.8) is 0 Å². The summed E-state index contributed by atoms with van der Waals surface area (Å²) in [6.07, 6.45) is 7.82. The first-order valence-corrected chi connectivity index (χ1v) is 11.8. The van der Waals surface area contributed by atoms with Gasteiger partial charge >= 0.3 is 5.97 Å². The number of carbonyl (C=O) groups excluding carboxylic acids is 1. The first-order valence-electron chi connectivity index (χ1n) is 10.2. The van der Waals surface area contributed by atoms with Crippen molar-refractivity contribution in [2.24, 2.45) is 0 Å². The molecule has 4 heteroatoms. The molecule has 0 radical (unpaired) electrons. The zero-order valence-corrected chi connectivity index (χ0v) is 17.0. The topological polar surface area (TPSA) is 35.5 Å². The van der Waals surface area contributed by atoms with Gasteiger partial charge in [0.05, 0.1) is 0 Å². The van der Waals surface area contributed by atoms with Gasteiger partial charge < -0.3 is 9.47 Å². The second-order valence-electron chi connectivity index (χ2n) is 7.72. The van der Waals surface area contributed by atoms with E-state index < -0.39 is 0 Å². The Kier molecular flexibility index (Phi) is 5.63. The van der Waals surface area contributed by atoms with Gasteiger partial charge in [-0.3, -0.25) is 0 Å². The zero-order chi connectivity index (χ0) is 18.7. The molecule has 2 aromatic carbocycles. The highest BCUT2D eigenvalue weighted by molar-refractivity contribution is 7.97. The van der Waals surface area contributed by atoms with Crippen LogP contribution in [-0.4, -0.2) is 29.7 Å². The molecule has 27 heavy (non-hydrogen) atoms. The van der Waals surface area contributed by atoms with Crippen LogP contribution in [0.5, 0.6) is 5.75 Å². The van der Waals surface area contributed by atoms with Gasteiger partial charge in [0, 0.05) is 21.7 Å². The molecule has 4 rings (SSSR count). The molecular weight excluding hydrogens is 356 g/mol. The van der Waals surface area contributed by atoms with Gasteiger partial charge in [-0.2, -0.15) is 0 Å². The number of hydrogen-bond acceptors (Lipinski definition) is 3. The monoisotopic (exact) mass is 385 g/mol. The molecule has 1 saturated carbocycles. The Bertz CT molecular complexity index is 804. The molecule has 0 aromatic heterocycles. The third-order valence-electron chi connectivity index (χ3n) is 6.02. The highest BCUT2D eigenvalue weighted by atomic mass is 32.2. The van der Waals surface area contributed by atoms with Crippen LogP contribution in [0.1, 0.15) is 51.9 Å². The second-order valence-corrected chi connectivity index (χ2v) is 9.96. The summed E-state index contributed by atoms with van der Waals surface area (Å²) in [5.41, 5.74) is -0.254. The number of fused-ring (bicyclic) bond motifs is 1. The molecule has 1 heterocycles. The Balaban J connectivity index is 1.49. The number of ether oxygens (including phenoxy) is 2. The van der Waals surface area contributed by atoms with Crippen molar-refractivity contribution in [2.75, 3.05) is 18.1 Å². The van der Waals surface area contributed by atoms with Gasteiger partial charge in [0.1, 0.15) is 22.9 Å². The number of hydrogen-bond donors (Lipinski definition) is 0. The Hall–Kier alpha value is -1.68. The fourth-order valence-corrected chi connectivity index (χ4v) is 6.95. The summed E-state index contributed by atoms with van der Waals surface area (Å²) in [5, 5.41) is 2.38. The van der Waals surface area contributed by atoms with E-state index in [9.17, 15) is 4.79 Å². The third-order valence-corrected chi connectivity index (χ3v) is 8.56. The van der Waals surface area contributed by atoms with Crippen LogP contribution >= 0.6 is 0 Å². The summed E-state index contributed by atoms with van der Waals surface area (Å²) in [6, 6.07) is 12.7. The summed E-state index contributed by atoms with van der Waals surface area (Å²) in [4.78, 5) is 13.9. The van der Waals surface area contributed by atoms with Crippen LogP contribution in [0.15, 0.2) is 41.3 Å². The van der Waals surface area contributed by atoms with Crippen molar-refractivity contribution in [2.45, 2.75) is 62.4 Å². The van der Waals surface area contributed by atoms with Crippen molar-refractivity contribution in [1.82, 2.24) is 0 Å². The maximum absolute atomic E-state index is 12.4. The molecule has 3 nitrogen and oxygen atoms in total. The maximum atomic E-state index is 12.4. The van der Waals surface area contributed by atoms with Crippen molar-refractivity contribution in [3.05, 3.63) is 36.4 Å². The maximum Gasteiger partial charge on any atom is 0.344 e. The summed E-state index contributed by atoms with van der Waals surface area (Å²) in [5.74, 6) is 3.14. The fraction of sp³-hybridized carbons (Fsp3) is 0.522. The largest absolute Gasteiger partial charge is 0.481 e. The average molecular weight is 386 g/mol. The zero-order valence-electron chi connectivity index (χ0n) is 16.2. The van der Waals surface area contributed by atoms with Crippen molar-refractivity contribution in [3.8, 4) is 5.75 Å². The molecule has 0 amide bonds. The van der Waals surface area contributed by atoms with E-state index in [1.807, 2.05) is 12.1 Å². The van der Waals surface area contributed by atoms with Crippen LogP contribution in [0.25, 0.3) is 10.8 Å². The minimum atomic E-state index is -0.254. The number of benzene rings is 2. The lowest BCUT2D eigenvalue weighted by atomic mass is 9.99. The Morgan fingerprint density at radius 3 is 2.41 bits per heavy atom. The van der Waals surface area contributed by atoms with Crippen LogP contribution < -0.4 is 4.74 Å². The first-order chi connectivity index (χ1) is 13.2. The minimum absolute atomic E-state index is 0.0171. The fourth-order valence-electron chi connectivity index (χ4n) is 4.45. The van der Waals surface area contributed by atoms with Crippen LogP contribution in [0.2, 0.25) is 0 Å². The van der Waals surface area contributed by atoms with E-state index >= 15 is 0 Å².